The Kier molecular flexibility index (Phi) is 16.8. The van der Waals surface area contributed by atoms with Gasteiger partial charge in [0.2, 0.25) is 6.08 Å². The second-order valence-electron chi connectivity index (χ2n) is 9.88. The lowest BCUT2D eigenvalue weighted by Crippen LogP contribution is -2.52. The number of nitrogens with one attached hydrogen (secondary N) is 1. The van der Waals surface area contributed by atoms with E-state index in [1.54, 1.807) is 18.2 Å². The number of carbonyl (C=O) groups is 1. The number of nitrogens with zero attached hydrogens (tertiary/aromatic N) is 2. The first kappa shape index (κ1) is 30.9. The number of quaternary nitrogens is 1. The van der Waals surface area contributed by atoms with Crippen molar-refractivity contribution in [1.82, 2.24) is 0 Å². The zero-order valence-corrected chi connectivity index (χ0v) is 22.9. The van der Waals surface area contributed by atoms with Gasteiger partial charge in [0.1, 0.15) is 13.2 Å². The Balaban J connectivity index is 2.77. The molecule has 1 aromatic carbocycles. The summed E-state index contributed by atoms with van der Waals surface area (Å²) in [5, 5.41) is 2.78. The zero-order chi connectivity index (χ0) is 25.8. The van der Waals surface area contributed by atoms with E-state index in [0.717, 1.165) is 16.6 Å². The highest BCUT2D eigenvalue weighted by atomic mass is 16.5. The van der Waals surface area contributed by atoms with Crippen molar-refractivity contribution < 1.29 is 18.8 Å². The van der Waals surface area contributed by atoms with Gasteiger partial charge in [0, 0.05) is 5.69 Å². The maximum atomic E-state index is 12.5. The molecule has 0 aliphatic carbocycles. The summed E-state index contributed by atoms with van der Waals surface area (Å²) in [7, 11) is 0. The maximum Gasteiger partial charge on any atom is 0.411 e. The maximum absolute atomic E-state index is 12.5. The number of aliphatic imine (C=N–C) groups is 1. The van der Waals surface area contributed by atoms with Gasteiger partial charge >= 0.3 is 6.09 Å². The fraction of sp³-hybridized carbons (Fsp3) is 0.724. The average Bonchev–Trinajstić information content (AvgIpc) is 2.84. The summed E-state index contributed by atoms with van der Waals surface area (Å²) in [6, 6.07) is 5.27. The molecule has 6 heteroatoms. The van der Waals surface area contributed by atoms with Gasteiger partial charge in [0.25, 0.3) is 0 Å². The highest BCUT2D eigenvalue weighted by Crippen LogP contribution is 2.23. The molecule has 0 unspecified atom stereocenters. The fourth-order valence-electron chi connectivity index (χ4n) is 4.64. The highest BCUT2D eigenvalue weighted by molar-refractivity contribution is 5.85. The zero-order valence-electron chi connectivity index (χ0n) is 22.9. The Morgan fingerprint density at radius 2 is 1.40 bits per heavy atom. The Bertz CT molecular complexity index is 728. The van der Waals surface area contributed by atoms with Gasteiger partial charge in [-0.2, -0.15) is 4.99 Å². The summed E-state index contributed by atoms with van der Waals surface area (Å²) in [6.45, 7) is 13.4. The molecule has 0 bridgehead atoms. The third kappa shape index (κ3) is 13.5. The van der Waals surface area contributed by atoms with Crippen molar-refractivity contribution in [1.29, 1.82) is 0 Å². The third-order valence-corrected chi connectivity index (χ3v) is 6.88. The summed E-state index contributed by atoms with van der Waals surface area (Å²) in [6.07, 6.45) is 16.3. The molecule has 0 atom stereocenters. The van der Waals surface area contributed by atoms with Crippen LogP contribution >= 0.6 is 0 Å². The molecule has 0 aliphatic rings. The molecule has 0 aliphatic heterocycles. The topological polar surface area (TPSA) is 67.8 Å². The van der Waals surface area contributed by atoms with E-state index in [4.69, 9.17) is 4.74 Å². The molecule has 198 valence electrons. The number of benzene rings is 1. The summed E-state index contributed by atoms with van der Waals surface area (Å²) in [5.74, 6) is 0. The van der Waals surface area contributed by atoms with Crippen molar-refractivity contribution in [2.75, 3.05) is 38.1 Å². The fourth-order valence-corrected chi connectivity index (χ4v) is 4.64. The molecule has 1 N–H and O–H groups in total. The molecule has 0 aromatic heterocycles. The Hall–Kier alpha value is -2.17. The van der Waals surface area contributed by atoms with Crippen LogP contribution in [0.3, 0.4) is 0 Å². The first-order valence-corrected chi connectivity index (χ1v) is 14.0. The molecule has 0 saturated heterocycles. The number of hydrogen-bond donors (Lipinski definition) is 1. The first-order valence-electron chi connectivity index (χ1n) is 14.0. The second kappa shape index (κ2) is 19.1. The number of hydrogen-bond acceptors (Lipinski definition) is 4. The molecule has 1 aromatic rings. The Morgan fingerprint density at radius 1 is 0.857 bits per heavy atom. The molecule has 35 heavy (non-hydrogen) atoms. The summed E-state index contributed by atoms with van der Waals surface area (Å²) < 4.78 is 6.70. The van der Waals surface area contributed by atoms with Crippen LogP contribution in [0.15, 0.2) is 23.2 Å². The minimum atomic E-state index is -0.462. The molecular weight excluding hydrogens is 438 g/mol. The number of amides is 1. The number of aryl methyl sites for hydroxylation is 1. The molecule has 0 spiro atoms. The van der Waals surface area contributed by atoms with E-state index >= 15 is 0 Å². The van der Waals surface area contributed by atoms with Gasteiger partial charge in [-0.15, -0.1) is 0 Å². The largest absolute Gasteiger partial charge is 0.443 e. The second-order valence-corrected chi connectivity index (χ2v) is 9.88. The van der Waals surface area contributed by atoms with Gasteiger partial charge in [0.15, 0.2) is 0 Å². The van der Waals surface area contributed by atoms with Crippen LogP contribution in [-0.4, -0.2) is 49.4 Å². The SMILES string of the molecule is CCCCCC[N+](CCCCCC)(CCCCCC)CCOC(=O)Nc1ccc(C)c(N=C=O)c1. The van der Waals surface area contributed by atoms with Crippen molar-refractivity contribution in [3.8, 4) is 0 Å². The van der Waals surface area contributed by atoms with Crippen LogP contribution in [0.25, 0.3) is 0 Å². The van der Waals surface area contributed by atoms with Gasteiger partial charge in [0.05, 0.1) is 25.3 Å². The van der Waals surface area contributed by atoms with E-state index < -0.39 is 6.09 Å². The van der Waals surface area contributed by atoms with Crippen LogP contribution in [0.5, 0.6) is 0 Å². The smallest absolute Gasteiger partial charge is 0.411 e. The van der Waals surface area contributed by atoms with Crippen LogP contribution in [0, 0.1) is 6.92 Å². The summed E-state index contributed by atoms with van der Waals surface area (Å²) in [4.78, 5) is 26.8. The van der Waals surface area contributed by atoms with Crippen LogP contribution in [0.2, 0.25) is 0 Å². The number of anilines is 1. The van der Waals surface area contributed by atoms with Crippen LogP contribution in [0.4, 0.5) is 16.2 Å². The van der Waals surface area contributed by atoms with E-state index in [9.17, 15) is 9.59 Å². The van der Waals surface area contributed by atoms with Crippen LogP contribution in [0.1, 0.15) is 103 Å². The molecule has 1 rings (SSSR count). The Labute approximate surface area is 214 Å². The van der Waals surface area contributed by atoms with Crippen molar-refractivity contribution >= 4 is 23.5 Å². The van der Waals surface area contributed by atoms with E-state index in [-0.39, 0.29) is 0 Å². The number of isocyanates is 1. The van der Waals surface area contributed by atoms with E-state index in [0.29, 0.717) is 18.0 Å². The lowest BCUT2D eigenvalue weighted by atomic mass is 10.1. The van der Waals surface area contributed by atoms with Crippen molar-refractivity contribution in [2.24, 2.45) is 4.99 Å². The van der Waals surface area contributed by atoms with Crippen molar-refractivity contribution in [3.05, 3.63) is 23.8 Å². The lowest BCUT2D eigenvalue weighted by molar-refractivity contribution is -0.929. The quantitative estimate of drug-likeness (QED) is 0.0873. The molecule has 1 amide bonds. The number of carbonyl (C=O) groups excluding carboxylic acids is 2. The molecular formula is C29H50N3O3+. The van der Waals surface area contributed by atoms with E-state index in [1.807, 2.05) is 13.0 Å². The van der Waals surface area contributed by atoms with Gasteiger partial charge < -0.3 is 9.22 Å². The molecule has 0 fully saturated rings. The monoisotopic (exact) mass is 488 g/mol. The van der Waals surface area contributed by atoms with Gasteiger partial charge in [-0.25, -0.2) is 9.59 Å². The lowest BCUT2D eigenvalue weighted by Gasteiger charge is -2.39. The predicted octanol–water partition coefficient (Wildman–Crippen LogP) is 8.07. The van der Waals surface area contributed by atoms with Crippen LogP contribution in [-0.2, 0) is 9.53 Å². The normalized spacial score (nSPS) is 11.2. The molecule has 0 saturated carbocycles. The minimum Gasteiger partial charge on any atom is -0.443 e. The average molecular weight is 489 g/mol. The molecule has 0 radical (unpaired) electrons. The highest BCUT2D eigenvalue weighted by Gasteiger charge is 2.26. The van der Waals surface area contributed by atoms with Crippen molar-refractivity contribution in [2.45, 2.75) is 105 Å². The van der Waals surface area contributed by atoms with Gasteiger partial charge in [-0.3, -0.25) is 5.32 Å². The molecule has 0 heterocycles. The standard InChI is InChI=1S/C29H49N3O3/c1-5-8-11-14-19-32(20-15-12-9-6-2,21-16-13-10-7-3)22-23-35-29(34)31-27-18-17-26(4)28(24-27)30-25-33/h17-18,24H,5-16,19-23H2,1-4H3/p+1. The van der Waals surface area contributed by atoms with Gasteiger partial charge in [-0.05, 0) is 63.1 Å². The number of ether oxygens (including phenoxy) is 1. The summed E-state index contributed by atoms with van der Waals surface area (Å²) >= 11 is 0. The van der Waals surface area contributed by atoms with E-state index in [2.05, 4.69) is 31.1 Å². The Morgan fingerprint density at radius 3 is 1.89 bits per heavy atom. The third-order valence-electron chi connectivity index (χ3n) is 6.88. The van der Waals surface area contributed by atoms with Gasteiger partial charge in [-0.1, -0.05) is 65.4 Å². The number of rotatable bonds is 20. The number of unbranched alkanes of at least 4 members (excludes halogenated alkanes) is 9. The van der Waals surface area contributed by atoms with E-state index in [1.165, 1.54) is 96.7 Å². The summed E-state index contributed by atoms with van der Waals surface area (Å²) in [5.41, 5.74) is 1.91. The minimum absolute atomic E-state index is 0.409. The molecule has 6 nitrogen and oxygen atoms in total. The van der Waals surface area contributed by atoms with Crippen molar-refractivity contribution in [3.63, 3.8) is 0 Å². The first-order chi connectivity index (χ1) is 17.0. The predicted molar refractivity (Wildman–Crippen MR) is 146 cm³/mol. The van der Waals surface area contributed by atoms with Crippen LogP contribution < -0.4 is 5.32 Å².